The smallest absolute Gasteiger partial charge is 0.236 e. The van der Waals surface area contributed by atoms with Crippen molar-refractivity contribution in [2.24, 2.45) is 10.4 Å². The highest BCUT2D eigenvalue weighted by molar-refractivity contribution is 5.81. The van der Waals surface area contributed by atoms with Gasteiger partial charge in [-0.25, -0.2) is 0 Å². The summed E-state index contributed by atoms with van der Waals surface area (Å²) in [6, 6.07) is 0.900. The Kier molecular flexibility index (Phi) is 7.20. The topological polar surface area (TPSA) is 69.2 Å². The van der Waals surface area contributed by atoms with Crippen molar-refractivity contribution in [1.29, 1.82) is 0 Å². The standard InChI is InChI=1S/C21H39N5O2/c1-5-22-20(24-17-14-18(28-6-2)21(17)10-7-11-21)23-16-8-12-26(13-9-16)15-19(27)25(3)4/h16-18H,5-15H2,1-4H3,(H2,22,23,24). The Labute approximate surface area is 170 Å². The van der Waals surface area contributed by atoms with Crippen molar-refractivity contribution >= 4 is 11.9 Å². The fourth-order valence-electron chi connectivity index (χ4n) is 4.86. The number of nitrogens with one attached hydrogen (secondary N) is 2. The van der Waals surface area contributed by atoms with Gasteiger partial charge in [0.05, 0.1) is 12.6 Å². The molecule has 160 valence electrons. The van der Waals surface area contributed by atoms with Crippen LogP contribution in [0.25, 0.3) is 0 Å². The molecule has 3 rings (SSSR count). The molecule has 1 spiro atoms. The molecule has 0 bridgehead atoms. The third-order valence-electron chi connectivity index (χ3n) is 6.85. The minimum Gasteiger partial charge on any atom is -0.378 e. The molecule has 7 heteroatoms. The first-order valence-corrected chi connectivity index (χ1v) is 11.1. The van der Waals surface area contributed by atoms with Crippen LogP contribution in [0.15, 0.2) is 4.99 Å². The van der Waals surface area contributed by atoms with Gasteiger partial charge in [-0.1, -0.05) is 6.42 Å². The molecule has 2 N–H and O–H groups in total. The van der Waals surface area contributed by atoms with E-state index in [4.69, 9.17) is 9.73 Å². The number of likely N-dealkylation sites (tertiary alicyclic amines) is 1. The first-order chi connectivity index (χ1) is 13.5. The number of amides is 1. The summed E-state index contributed by atoms with van der Waals surface area (Å²) in [5, 5.41) is 7.39. The second kappa shape index (κ2) is 9.44. The number of ether oxygens (including phenoxy) is 1. The van der Waals surface area contributed by atoms with Crippen molar-refractivity contribution < 1.29 is 9.53 Å². The lowest BCUT2D eigenvalue weighted by molar-refractivity contribution is -0.168. The molecule has 7 nitrogen and oxygen atoms in total. The summed E-state index contributed by atoms with van der Waals surface area (Å²) >= 11 is 0. The molecular weight excluding hydrogens is 354 g/mol. The number of hydrogen-bond acceptors (Lipinski definition) is 4. The van der Waals surface area contributed by atoms with E-state index in [-0.39, 0.29) is 5.91 Å². The van der Waals surface area contributed by atoms with Gasteiger partial charge >= 0.3 is 0 Å². The summed E-state index contributed by atoms with van der Waals surface area (Å²) in [5.41, 5.74) is 0.335. The van der Waals surface area contributed by atoms with E-state index in [1.165, 1.54) is 19.3 Å². The van der Waals surface area contributed by atoms with Crippen molar-refractivity contribution in [2.75, 3.05) is 46.9 Å². The van der Waals surface area contributed by atoms with Crippen molar-refractivity contribution in [3.8, 4) is 0 Å². The van der Waals surface area contributed by atoms with Crippen LogP contribution in [-0.2, 0) is 9.53 Å². The molecule has 1 amide bonds. The Balaban J connectivity index is 1.47. The number of hydrogen-bond donors (Lipinski definition) is 2. The normalized spacial score (nSPS) is 27.8. The molecule has 2 aliphatic carbocycles. The van der Waals surface area contributed by atoms with Crippen molar-refractivity contribution in [1.82, 2.24) is 20.4 Å². The van der Waals surface area contributed by atoms with Crippen LogP contribution in [-0.4, -0.2) is 86.7 Å². The van der Waals surface area contributed by atoms with Gasteiger partial charge in [-0.15, -0.1) is 0 Å². The fourth-order valence-corrected chi connectivity index (χ4v) is 4.86. The molecule has 0 aromatic rings. The monoisotopic (exact) mass is 393 g/mol. The van der Waals surface area contributed by atoms with Crippen LogP contribution < -0.4 is 10.6 Å². The second-order valence-corrected chi connectivity index (χ2v) is 8.77. The Bertz CT molecular complexity index is 553. The lowest BCUT2D eigenvalue weighted by atomic mass is 9.51. The lowest BCUT2D eigenvalue weighted by Gasteiger charge is -2.61. The zero-order valence-corrected chi connectivity index (χ0v) is 18.2. The summed E-state index contributed by atoms with van der Waals surface area (Å²) in [5.74, 6) is 1.14. The molecule has 1 heterocycles. The highest BCUT2D eigenvalue weighted by Crippen LogP contribution is 2.57. The molecule has 0 radical (unpaired) electrons. The highest BCUT2D eigenvalue weighted by atomic mass is 16.5. The number of carbonyl (C=O) groups excluding carboxylic acids is 1. The van der Waals surface area contributed by atoms with Crippen LogP contribution in [0.4, 0.5) is 0 Å². The summed E-state index contributed by atoms with van der Waals surface area (Å²) in [7, 11) is 3.64. The molecule has 2 unspecified atom stereocenters. The van der Waals surface area contributed by atoms with Crippen molar-refractivity contribution in [3.05, 3.63) is 0 Å². The third-order valence-corrected chi connectivity index (χ3v) is 6.85. The summed E-state index contributed by atoms with van der Waals surface area (Å²) in [6.07, 6.45) is 7.46. The molecule has 1 saturated heterocycles. The van der Waals surface area contributed by atoms with E-state index in [0.717, 1.165) is 51.5 Å². The Hall–Kier alpha value is -1.34. The largest absolute Gasteiger partial charge is 0.378 e. The third kappa shape index (κ3) is 4.62. The number of nitrogens with zero attached hydrogens (tertiary/aromatic N) is 3. The highest BCUT2D eigenvalue weighted by Gasteiger charge is 2.59. The Morgan fingerprint density at radius 2 is 1.93 bits per heavy atom. The first-order valence-electron chi connectivity index (χ1n) is 11.1. The van der Waals surface area contributed by atoms with E-state index in [9.17, 15) is 4.79 Å². The van der Waals surface area contributed by atoms with Gasteiger partial charge in [0.1, 0.15) is 0 Å². The fraction of sp³-hybridized carbons (Fsp3) is 0.905. The summed E-state index contributed by atoms with van der Waals surface area (Å²) in [4.78, 5) is 20.5. The zero-order chi connectivity index (χ0) is 20.1. The van der Waals surface area contributed by atoms with Crippen LogP contribution in [0.3, 0.4) is 0 Å². The average Bonchev–Trinajstić information content (AvgIpc) is 2.61. The SMILES string of the molecule is CCN=C(NC1CCN(CC(=O)N(C)C)CC1)NC1CC(OCC)C12CCC2. The number of carbonyl (C=O) groups is 1. The molecule has 3 fully saturated rings. The maximum absolute atomic E-state index is 11.9. The average molecular weight is 394 g/mol. The van der Waals surface area contributed by atoms with Gasteiger partial charge in [0.15, 0.2) is 5.96 Å². The molecule has 0 aromatic carbocycles. The number of rotatable bonds is 7. The number of likely N-dealkylation sites (N-methyl/N-ethyl adjacent to an activating group) is 1. The molecule has 3 aliphatic rings. The van der Waals surface area contributed by atoms with E-state index in [1.54, 1.807) is 4.90 Å². The van der Waals surface area contributed by atoms with Gasteiger partial charge < -0.3 is 20.3 Å². The predicted octanol–water partition coefficient (Wildman–Crippen LogP) is 1.44. The number of aliphatic imine (C=N–C) groups is 1. The summed E-state index contributed by atoms with van der Waals surface area (Å²) < 4.78 is 5.98. The minimum atomic E-state index is 0.181. The maximum Gasteiger partial charge on any atom is 0.236 e. The molecule has 0 aromatic heterocycles. The zero-order valence-electron chi connectivity index (χ0n) is 18.2. The van der Waals surface area contributed by atoms with Crippen LogP contribution in [0.2, 0.25) is 0 Å². The number of guanidine groups is 1. The van der Waals surface area contributed by atoms with E-state index in [2.05, 4.69) is 29.4 Å². The minimum absolute atomic E-state index is 0.181. The van der Waals surface area contributed by atoms with Gasteiger partial charge in [0.2, 0.25) is 5.91 Å². The Morgan fingerprint density at radius 3 is 2.46 bits per heavy atom. The Morgan fingerprint density at radius 1 is 1.21 bits per heavy atom. The van der Waals surface area contributed by atoms with E-state index in [1.807, 2.05) is 14.1 Å². The van der Waals surface area contributed by atoms with E-state index in [0.29, 0.717) is 30.1 Å². The van der Waals surface area contributed by atoms with Gasteiger partial charge in [0, 0.05) is 57.8 Å². The molecule has 2 saturated carbocycles. The number of piperidine rings is 1. The van der Waals surface area contributed by atoms with Gasteiger partial charge in [-0.05, 0) is 46.0 Å². The lowest BCUT2D eigenvalue weighted by Crippen LogP contribution is -2.69. The van der Waals surface area contributed by atoms with E-state index < -0.39 is 0 Å². The second-order valence-electron chi connectivity index (χ2n) is 8.77. The molecule has 2 atom stereocenters. The van der Waals surface area contributed by atoms with Crippen LogP contribution in [0.1, 0.15) is 52.4 Å². The predicted molar refractivity (Wildman–Crippen MR) is 113 cm³/mol. The maximum atomic E-state index is 11.9. The van der Waals surface area contributed by atoms with Crippen LogP contribution in [0.5, 0.6) is 0 Å². The van der Waals surface area contributed by atoms with Crippen LogP contribution in [0, 0.1) is 5.41 Å². The van der Waals surface area contributed by atoms with Gasteiger partial charge in [-0.2, -0.15) is 0 Å². The quantitative estimate of drug-likeness (QED) is 0.506. The summed E-state index contributed by atoms with van der Waals surface area (Å²) in [6.45, 7) is 8.20. The molecule has 1 aliphatic heterocycles. The molecule has 28 heavy (non-hydrogen) atoms. The molecular formula is C21H39N5O2. The van der Waals surface area contributed by atoms with E-state index >= 15 is 0 Å². The van der Waals surface area contributed by atoms with Gasteiger partial charge in [0.25, 0.3) is 0 Å². The van der Waals surface area contributed by atoms with Crippen molar-refractivity contribution in [3.63, 3.8) is 0 Å². The van der Waals surface area contributed by atoms with Gasteiger partial charge in [-0.3, -0.25) is 14.7 Å². The van der Waals surface area contributed by atoms with Crippen LogP contribution >= 0.6 is 0 Å². The van der Waals surface area contributed by atoms with Crippen molar-refractivity contribution in [2.45, 2.75) is 70.6 Å². The first kappa shape index (κ1) is 21.4.